The lowest BCUT2D eigenvalue weighted by Crippen LogP contribution is -2.53. The van der Waals surface area contributed by atoms with Gasteiger partial charge in [-0.25, -0.2) is 0 Å². The Labute approximate surface area is 124 Å². The number of amides is 1. The number of hydrogen-bond acceptors (Lipinski definition) is 2. The molecule has 1 N–H and O–H groups in total. The van der Waals surface area contributed by atoms with Crippen molar-refractivity contribution in [2.45, 2.75) is 45.2 Å². The second-order valence-corrected chi connectivity index (χ2v) is 15.7. The van der Waals surface area contributed by atoms with Gasteiger partial charge < -0.3 is 9.43 Å². The first-order valence-electron chi connectivity index (χ1n) is 7.25. The van der Waals surface area contributed by atoms with Crippen LogP contribution in [0.15, 0.2) is 24.3 Å². The van der Waals surface area contributed by atoms with E-state index in [0.717, 1.165) is 23.3 Å². The van der Waals surface area contributed by atoms with E-state index in [-0.39, 0.29) is 11.8 Å². The lowest BCUT2D eigenvalue weighted by Gasteiger charge is -2.42. The van der Waals surface area contributed by atoms with Gasteiger partial charge in [0.15, 0.2) is 16.6 Å². The van der Waals surface area contributed by atoms with Crippen molar-refractivity contribution >= 4 is 28.2 Å². The van der Waals surface area contributed by atoms with Gasteiger partial charge in [0.2, 0.25) is 5.91 Å². The maximum atomic E-state index is 12.6. The SMILES string of the molecule is Cc1ccccc1NC(=O)C1C[Si](C)(C)O[Si](C)(C)C1. The molecule has 1 aliphatic rings. The summed E-state index contributed by atoms with van der Waals surface area (Å²) in [6.45, 7) is 10.9. The average molecular weight is 308 g/mol. The van der Waals surface area contributed by atoms with Crippen LogP contribution in [0.3, 0.4) is 0 Å². The Balaban J connectivity index is 2.11. The fraction of sp³-hybridized carbons (Fsp3) is 0.533. The summed E-state index contributed by atoms with van der Waals surface area (Å²) in [7, 11) is -3.36. The number of nitrogens with one attached hydrogen (secondary N) is 1. The van der Waals surface area contributed by atoms with Gasteiger partial charge in [0.25, 0.3) is 0 Å². The zero-order chi connectivity index (χ0) is 15.0. The molecule has 1 aromatic carbocycles. The molecule has 0 saturated carbocycles. The van der Waals surface area contributed by atoms with Gasteiger partial charge >= 0.3 is 0 Å². The Bertz CT molecular complexity index is 498. The van der Waals surface area contributed by atoms with Gasteiger partial charge in [-0.2, -0.15) is 0 Å². The van der Waals surface area contributed by atoms with Crippen LogP contribution in [-0.2, 0) is 8.91 Å². The van der Waals surface area contributed by atoms with Crippen LogP contribution in [0.4, 0.5) is 5.69 Å². The number of hydrogen-bond donors (Lipinski definition) is 1. The monoisotopic (exact) mass is 307 g/mol. The molecule has 1 saturated heterocycles. The summed E-state index contributed by atoms with van der Waals surface area (Å²) in [4.78, 5) is 12.6. The molecule has 1 fully saturated rings. The van der Waals surface area contributed by atoms with Gasteiger partial charge in [-0.15, -0.1) is 0 Å². The van der Waals surface area contributed by atoms with Crippen molar-refractivity contribution in [1.29, 1.82) is 0 Å². The maximum Gasteiger partial charge on any atom is 0.227 e. The summed E-state index contributed by atoms with van der Waals surface area (Å²) < 4.78 is 6.31. The van der Waals surface area contributed by atoms with Crippen molar-refractivity contribution in [3.63, 3.8) is 0 Å². The van der Waals surface area contributed by atoms with Crippen molar-refractivity contribution < 1.29 is 8.91 Å². The highest BCUT2D eigenvalue weighted by atomic mass is 28.4. The van der Waals surface area contributed by atoms with Crippen LogP contribution in [-0.4, -0.2) is 22.5 Å². The maximum absolute atomic E-state index is 12.6. The van der Waals surface area contributed by atoms with Crippen molar-refractivity contribution in [2.24, 2.45) is 5.92 Å². The quantitative estimate of drug-likeness (QED) is 0.839. The Morgan fingerprint density at radius 2 is 1.70 bits per heavy atom. The number of aryl methyl sites for hydroxylation is 1. The molecule has 20 heavy (non-hydrogen) atoms. The van der Waals surface area contributed by atoms with Crippen LogP contribution in [0.2, 0.25) is 38.3 Å². The molecule has 0 bridgehead atoms. The summed E-state index contributed by atoms with van der Waals surface area (Å²) in [5.74, 6) is 0.287. The fourth-order valence-corrected chi connectivity index (χ4v) is 13.2. The van der Waals surface area contributed by atoms with Gasteiger partial charge in [0, 0.05) is 11.6 Å². The first-order chi connectivity index (χ1) is 9.19. The van der Waals surface area contributed by atoms with Crippen LogP contribution >= 0.6 is 0 Å². The first kappa shape index (κ1) is 15.5. The van der Waals surface area contributed by atoms with Gasteiger partial charge in [0.1, 0.15) is 0 Å². The van der Waals surface area contributed by atoms with Crippen LogP contribution in [0, 0.1) is 12.8 Å². The molecule has 5 heteroatoms. The standard InChI is InChI=1S/C15H25NO2Si2/c1-12-8-6-7-9-14(12)16-15(17)13-10-19(2,3)18-20(4,5)11-13/h6-9,13H,10-11H2,1-5H3,(H,16,17). The molecule has 1 aromatic rings. The minimum absolute atomic E-state index is 0.117. The summed E-state index contributed by atoms with van der Waals surface area (Å²) in [5.41, 5.74) is 2.05. The lowest BCUT2D eigenvalue weighted by atomic mass is 10.1. The van der Waals surface area contributed by atoms with E-state index in [1.54, 1.807) is 0 Å². The number of rotatable bonds is 2. The molecule has 0 unspecified atom stereocenters. The molecule has 3 nitrogen and oxygen atoms in total. The van der Waals surface area contributed by atoms with Crippen molar-refractivity contribution in [3.8, 4) is 0 Å². The smallest absolute Gasteiger partial charge is 0.227 e. The number of benzene rings is 1. The number of carbonyl (C=O) groups is 1. The third-order valence-electron chi connectivity index (χ3n) is 3.80. The van der Waals surface area contributed by atoms with Gasteiger partial charge in [-0.05, 0) is 56.8 Å². The van der Waals surface area contributed by atoms with Crippen LogP contribution in [0.1, 0.15) is 5.56 Å². The Hall–Kier alpha value is -0.916. The molecule has 0 aliphatic carbocycles. The summed E-state index contributed by atoms with van der Waals surface area (Å²) in [5, 5.41) is 3.11. The van der Waals surface area contributed by atoms with Crippen LogP contribution < -0.4 is 5.32 Å². The van der Waals surface area contributed by atoms with Crippen LogP contribution in [0.25, 0.3) is 0 Å². The minimum atomic E-state index is -1.68. The van der Waals surface area contributed by atoms with E-state index in [9.17, 15) is 4.79 Å². The number of para-hydroxylation sites is 1. The highest BCUT2D eigenvalue weighted by Crippen LogP contribution is 2.36. The van der Waals surface area contributed by atoms with E-state index < -0.39 is 16.6 Å². The van der Waals surface area contributed by atoms with E-state index in [1.165, 1.54) is 0 Å². The number of anilines is 1. The zero-order valence-electron chi connectivity index (χ0n) is 13.1. The molecule has 0 spiro atoms. The van der Waals surface area contributed by atoms with Gasteiger partial charge in [-0.3, -0.25) is 4.79 Å². The molecule has 2 rings (SSSR count). The molecule has 110 valence electrons. The highest BCUT2D eigenvalue weighted by molar-refractivity contribution is 6.86. The molecule has 1 heterocycles. The minimum Gasteiger partial charge on any atom is -0.455 e. The van der Waals surface area contributed by atoms with Gasteiger partial charge in [-0.1, -0.05) is 18.2 Å². The first-order valence-corrected chi connectivity index (χ1v) is 13.5. The summed E-state index contributed by atoms with van der Waals surface area (Å²) in [6.07, 6.45) is 0. The molecular formula is C15H25NO2Si2. The Kier molecular flexibility index (Phi) is 4.23. The molecule has 0 radical (unpaired) electrons. The predicted octanol–water partition coefficient (Wildman–Crippen LogP) is 3.99. The average Bonchev–Trinajstić information content (AvgIpc) is 2.28. The molecular weight excluding hydrogens is 282 g/mol. The number of carbonyl (C=O) groups excluding carboxylic acids is 1. The van der Waals surface area contributed by atoms with Gasteiger partial charge in [0.05, 0.1) is 0 Å². The van der Waals surface area contributed by atoms with E-state index in [1.807, 2.05) is 31.2 Å². The second-order valence-electron chi connectivity index (χ2n) is 7.03. The van der Waals surface area contributed by atoms with E-state index in [2.05, 4.69) is 31.5 Å². The van der Waals surface area contributed by atoms with Crippen LogP contribution in [0.5, 0.6) is 0 Å². The van der Waals surface area contributed by atoms with Crippen molar-refractivity contribution in [2.75, 3.05) is 5.32 Å². The van der Waals surface area contributed by atoms with Crippen molar-refractivity contribution in [1.82, 2.24) is 0 Å². The van der Waals surface area contributed by atoms with E-state index in [0.29, 0.717) is 0 Å². The van der Waals surface area contributed by atoms with Crippen molar-refractivity contribution in [3.05, 3.63) is 29.8 Å². The van der Waals surface area contributed by atoms with E-state index in [4.69, 9.17) is 4.12 Å². The Morgan fingerprint density at radius 1 is 1.15 bits per heavy atom. The topological polar surface area (TPSA) is 38.3 Å². The summed E-state index contributed by atoms with van der Waals surface area (Å²) in [6, 6.07) is 9.81. The molecule has 1 amide bonds. The van der Waals surface area contributed by atoms with E-state index >= 15 is 0 Å². The second kappa shape index (κ2) is 5.46. The lowest BCUT2D eigenvalue weighted by molar-refractivity contribution is -0.119. The molecule has 0 aromatic heterocycles. The summed E-state index contributed by atoms with van der Waals surface area (Å²) >= 11 is 0. The third kappa shape index (κ3) is 3.80. The highest BCUT2D eigenvalue weighted by Gasteiger charge is 2.44. The normalized spacial score (nSPS) is 21.4. The Morgan fingerprint density at radius 3 is 2.25 bits per heavy atom. The largest absolute Gasteiger partial charge is 0.455 e. The third-order valence-corrected chi connectivity index (χ3v) is 11.2. The molecule has 0 atom stereocenters. The predicted molar refractivity (Wildman–Crippen MR) is 89.0 cm³/mol. The molecule has 1 aliphatic heterocycles. The fourth-order valence-electron chi connectivity index (χ4n) is 3.22. The zero-order valence-corrected chi connectivity index (χ0v) is 15.1.